The number of anilines is 2. The van der Waals surface area contributed by atoms with E-state index in [2.05, 4.69) is 10.3 Å². The normalized spacial score (nSPS) is 12.1. The number of ether oxygens (including phenoxy) is 2. The molecule has 1 aromatic heterocycles. The van der Waals surface area contributed by atoms with Crippen LogP contribution in [0.1, 0.15) is 5.56 Å². The van der Waals surface area contributed by atoms with Crippen molar-refractivity contribution in [3.05, 3.63) is 64.1 Å². The highest BCUT2D eigenvalue weighted by molar-refractivity contribution is 5.73. The molecule has 4 rings (SSSR count). The van der Waals surface area contributed by atoms with Crippen molar-refractivity contribution < 1.29 is 18.3 Å². The van der Waals surface area contributed by atoms with Gasteiger partial charge in [-0.15, -0.1) is 0 Å². The Kier molecular flexibility index (Phi) is 4.46. The van der Waals surface area contributed by atoms with Crippen LogP contribution < -0.4 is 20.5 Å². The zero-order valence-corrected chi connectivity index (χ0v) is 15.3. The second-order valence-corrected chi connectivity index (χ2v) is 6.30. The second kappa shape index (κ2) is 6.95. The number of methoxy groups -OCH3 is 2. The van der Waals surface area contributed by atoms with E-state index in [1.807, 2.05) is 6.07 Å². The van der Waals surface area contributed by atoms with Gasteiger partial charge in [0.25, 0.3) is 0 Å². The maximum absolute atomic E-state index is 14.0. The fraction of sp³-hybridized carbons (Fsp3) is 0.200. The first-order chi connectivity index (χ1) is 13.5. The summed E-state index contributed by atoms with van der Waals surface area (Å²) < 4.78 is 40.1. The molecule has 8 heteroatoms. The fourth-order valence-electron chi connectivity index (χ4n) is 3.35. The highest BCUT2D eigenvalue weighted by atomic mass is 19.1. The highest BCUT2D eigenvalue weighted by Crippen LogP contribution is 2.38. The molecular formula is C20H17F2N3O3. The number of benzene rings is 2. The van der Waals surface area contributed by atoms with Gasteiger partial charge in [-0.25, -0.2) is 13.6 Å². The summed E-state index contributed by atoms with van der Waals surface area (Å²) in [4.78, 5) is 16.4. The molecule has 1 aliphatic heterocycles. The standard InChI is InChI=1S/C20H17F2N3O3/c1-27-16-8-11-6-7-25-15(12(11)9-17(16)28-2)10-18(24-20(25)26)23-19-13(21)4-3-5-14(19)22/h3-5,8-10H,6-7H2,1-2H3,(H,23,24,26). The number of para-hydroxylation sites is 1. The third kappa shape index (κ3) is 2.96. The number of hydrogen-bond donors (Lipinski definition) is 1. The molecule has 0 unspecified atom stereocenters. The first kappa shape index (κ1) is 18.0. The molecule has 28 heavy (non-hydrogen) atoms. The van der Waals surface area contributed by atoms with Crippen molar-refractivity contribution in [2.24, 2.45) is 0 Å². The van der Waals surface area contributed by atoms with Crippen LogP contribution in [0.4, 0.5) is 20.3 Å². The summed E-state index contributed by atoms with van der Waals surface area (Å²) in [7, 11) is 3.08. The lowest BCUT2D eigenvalue weighted by Crippen LogP contribution is -2.28. The Labute approximate surface area is 159 Å². The zero-order chi connectivity index (χ0) is 19.8. The summed E-state index contributed by atoms with van der Waals surface area (Å²) in [6, 6.07) is 8.77. The summed E-state index contributed by atoms with van der Waals surface area (Å²) in [5, 5.41) is 2.58. The maximum Gasteiger partial charge on any atom is 0.350 e. The Hall–Kier alpha value is -3.42. The predicted octanol–water partition coefficient (Wildman–Crippen LogP) is 3.51. The van der Waals surface area contributed by atoms with Crippen molar-refractivity contribution in [3.8, 4) is 22.8 Å². The number of nitrogens with one attached hydrogen (secondary N) is 1. The van der Waals surface area contributed by atoms with E-state index in [0.29, 0.717) is 30.2 Å². The molecular weight excluding hydrogens is 368 g/mol. The van der Waals surface area contributed by atoms with Crippen LogP contribution in [-0.2, 0) is 13.0 Å². The lowest BCUT2D eigenvalue weighted by molar-refractivity contribution is 0.354. The Morgan fingerprint density at radius 3 is 2.43 bits per heavy atom. The molecule has 2 aromatic carbocycles. The third-order valence-corrected chi connectivity index (χ3v) is 4.72. The number of rotatable bonds is 4. The second-order valence-electron chi connectivity index (χ2n) is 6.30. The van der Waals surface area contributed by atoms with Crippen LogP contribution in [0, 0.1) is 11.6 Å². The fourth-order valence-corrected chi connectivity index (χ4v) is 3.35. The number of fused-ring (bicyclic) bond motifs is 3. The SMILES string of the molecule is COc1cc2c(cc1OC)-c1cc(Nc3c(F)cccc3F)nc(=O)n1CC2. The van der Waals surface area contributed by atoms with Gasteiger partial charge in [-0.1, -0.05) is 6.07 Å². The van der Waals surface area contributed by atoms with Gasteiger partial charge in [0, 0.05) is 18.2 Å². The van der Waals surface area contributed by atoms with Gasteiger partial charge in [-0.05, 0) is 36.2 Å². The number of halogens is 2. The van der Waals surface area contributed by atoms with Crippen LogP contribution >= 0.6 is 0 Å². The Bertz CT molecular complexity index is 1110. The highest BCUT2D eigenvalue weighted by Gasteiger charge is 2.22. The molecule has 0 atom stereocenters. The summed E-state index contributed by atoms with van der Waals surface area (Å²) in [6.07, 6.45) is 0.624. The molecule has 0 aliphatic carbocycles. The van der Waals surface area contributed by atoms with Gasteiger partial charge in [0.2, 0.25) is 0 Å². The Morgan fingerprint density at radius 2 is 1.75 bits per heavy atom. The first-order valence-corrected chi connectivity index (χ1v) is 8.60. The van der Waals surface area contributed by atoms with E-state index in [0.717, 1.165) is 23.3 Å². The number of hydrogen-bond acceptors (Lipinski definition) is 5. The molecule has 3 aromatic rings. The maximum atomic E-state index is 14.0. The molecule has 0 fully saturated rings. The molecule has 0 radical (unpaired) electrons. The van der Waals surface area contributed by atoms with Crippen molar-refractivity contribution in [1.82, 2.24) is 9.55 Å². The van der Waals surface area contributed by atoms with Crippen molar-refractivity contribution in [2.45, 2.75) is 13.0 Å². The lowest BCUT2D eigenvalue weighted by Gasteiger charge is -2.23. The van der Waals surface area contributed by atoms with Gasteiger partial charge in [-0.2, -0.15) is 4.98 Å². The molecule has 0 amide bonds. The van der Waals surface area contributed by atoms with Crippen LogP contribution in [0.2, 0.25) is 0 Å². The molecule has 6 nitrogen and oxygen atoms in total. The molecule has 0 spiro atoms. The average molecular weight is 385 g/mol. The predicted molar refractivity (Wildman–Crippen MR) is 100 cm³/mol. The van der Waals surface area contributed by atoms with Crippen LogP contribution in [0.5, 0.6) is 11.5 Å². The first-order valence-electron chi connectivity index (χ1n) is 8.60. The molecule has 2 heterocycles. The largest absolute Gasteiger partial charge is 0.493 e. The molecule has 0 saturated heterocycles. The smallest absolute Gasteiger partial charge is 0.350 e. The van der Waals surface area contributed by atoms with Gasteiger partial charge in [0.05, 0.1) is 19.9 Å². The van der Waals surface area contributed by atoms with Crippen LogP contribution in [0.25, 0.3) is 11.3 Å². The Morgan fingerprint density at radius 1 is 1.07 bits per heavy atom. The van der Waals surface area contributed by atoms with E-state index in [-0.39, 0.29) is 11.5 Å². The van der Waals surface area contributed by atoms with Gasteiger partial charge in [-0.3, -0.25) is 4.57 Å². The topological polar surface area (TPSA) is 65.4 Å². The van der Waals surface area contributed by atoms with E-state index in [1.165, 1.54) is 17.7 Å². The van der Waals surface area contributed by atoms with Gasteiger partial charge >= 0.3 is 5.69 Å². The molecule has 1 aliphatic rings. The number of nitrogens with zero attached hydrogens (tertiary/aromatic N) is 2. The minimum atomic E-state index is -0.772. The quantitative estimate of drug-likeness (QED) is 0.745. The summed E-state index contributed by atoms with van der Waals surface area (Å²) in [5.74, 6) is -0.368. The van der Waals surface area contributed by atoms with E-state index in [4.69, 9.17) is 9.47 Å². The van der Waals surface area contributed by atoms with Crippen LogP contribution in [-0.4, -0.2) is 23.8 Å². The van der Waals surface area contributed by atoms with Crippen LogP contribution in [0.3, 0.4) is 0 Å². The zero-order valence-electron chi connectivity index (χ0n) is 15.3. The van der Waals surface area contributed by atoms with Crippen molar-refractivity contribution in [2.75, 3.05) is 19.5 Å². The summed E-state index contributed by atoms with van der Waals surface area (Å²) >= 11 is 0. The van der Waals surface area contributed by atoms with E-state index in [1.54, 1.807) is 19.2 Å². The van der Waals surface area contributed by atoms with Gasteiger partial charge in [0.1, 0.15) is 23.1 Å². The Balaban J connectivity index is 1.84. The van der Waals surface area contributed by atoms with Crippen molar-refractivity contribution in [1.29, 1.82) is 0 Å². The third-order valence-electron chi connectivity index (χ3n) is 4.72. The average Bonchev–Trinajstić information content (AvgIpc) is 2.69. The molecule has 144 valence electrons. The molecule has 0 saturated carbocycles. The van der Waals surface area contributed by atoms with Gasteiger partial charge < -0.3 is 14.8 Å². The van der Waals surface area contributed by atoms with Crippen molar-refractivity contribution >= 4 is 11.5 Å². The summed E-state index contributed by atoms with van der Waals surface area (Å²) in [6.45, 7) is 0.442. The monoisotopic (exact) mass is 385 g/mol. The van der Waals surface area contributed by atoms with Crippen molar-refractivity contribution in [3.63, 3.8) is 0 Å². The minimum absolute atomic E-state index is 0.0582. The number of aryl methyl sites for hydroxylation is 1. The summed E-state index contributed by atoms with van der Waals surface area (Å²) in [5.41, 5.74) is 1.48. The van der Waals surface area contributed by atoms with E-state index >= 15 is 0 Å². The van der Waals surface area contributed by atoms with Crippen LogP contribution in [0.15, 0.2) is 41.2 Å². The number of aromatic nitrogens is 2. The molecule has 1 N–H and O–H groups in total. The molecule has 0 bridgehead atoms. The van der Waals surface area contributed by atoms with Gasteiger partial charge in [0.15, 0.2) is 11.5 Å². The van der Waals surface area contributed by atoms with E-state index in [9.17, 15) is 13.6 Å². The lowest BCUT2D eigenvalue weighted by atomic mass is 9.97. The van der Waals surface area contributed by atoms with E-state index < -0.39 is 17.3 Å². The minimum Gasteiger partial charge on any atom is -0.493 e.